The lowest BCUT2D eigenvalue weighted by Crippen LogP contribution is -2.59. The fourth-order valence-corrected chi connectivity index (χ4v) is 5.21. The molecule has 1 aromatic rings. The Morgan fingerprint density at radius 3 is 2.05 bits per heavy atom. The standard InChI is InChI=1S/C29H41N5O7/c1-16(2)13-19-27(39)33-24(17(3)4)29(41)34-12-8-11-22(34)28(40)32-21(15-23(35)36)26(38)31-20(25(37)30-19)14-18-9-6-5-7-10-18/h5-7,9-10,16-17,19-22,24H,8,11-15H2,1-4H3,(H,30,37)(H,31,38)(H,32,40)(H,33,39)(H,35,36)/t19-,20+,21+,22-,24+/m1/s1. The lowest BCUT2D eigenvalue weighted by molar-refractivity contribution is -0.144. The minimum Gasteiger partial charge on any atom is -0.481 e. The number of carboxylic acids is 1. The summed E-state index contributed by atoms with van der Waals surface area (Å²) in [6.07, 6.45) is 0.471. The lowest BCUT2D eigenvalue weighted by Gasteiger charge is -2.32. The van der Waals surface area contributed by atoms with E-state index >= 15 is 0 Å². The molecular weight excluding hydrogens is 530 g/mol. The van der Waals surface area contributed by atoms with Crippen molar-refractivity contribution >= 4 is 35.5 Å². The molecule has 5 atom stereocenters. The molecule has 2 aliphatic rings. The number of amides is 5. The van der Waals surface area contributed by atoms with Crippen LogP contribution in [0.4, 0.5) is 0 Å². The van der Waals surface area contributed by atoms with Crippen molar-refractivity contribution in [2.24, 2.45) is 11.8 Å². The molecule has 12 heteroatoms. The Morgan fingerprint density at radius 1 is 0.854 bits per heavy atom. The topological polar surface area (TPSA) is 174 Å². The molecule has 0 radical (unpaired) electrons. The van der Waals surface area contributed by atoms with Crippen LogP contribution in [0.25, 0.3) is 0 Å². The van der Waals surface area contributed by atoms with Gasteiger partial charge in [-0.25, -0.2) is 0 Å². The first kappa shape index (κ1) is 31.6. The quantitative estimate of drug-likeness (QED) is 0.314. The van der Waals surface area contributed by atoms with Gasteiger partial charge in [-0.05, 0) is 36.7 Å². The molecule has 0 bridgehead atoms. The summed E-state index contributed by atoms with van der Waals surface area (Å²) in [6, 6.07) is 3.37. The van der Waals surface area contributed by atoms with Gasteiger partial charge in [0.2, 0.25) is 29.5 Å². The molecule has 41 heavy (non-hydrogen) atoms. The van der Waals surface area contributed by atoms with Crippen molar-refractivity contribution < 1.29 is 33.9 Å². The van der Waals surface area contributed by atoms with Crippen molar-refractivity contribution in [2.75, 3.05) is 6.54 Å². The molecular formula is C29H41N5O7. The van der Waals surface area contributed by atoms with Crippen molar-refractivity contribution in [1.29, 1.82) is 0 Å². The Balaban J connectivity index is 2.05. The maximum atomic E-state index is 13.6. The van der Waals surface area contributed by atoms with Gasteiger partial charge in [0.05, 0.1) is 6.42 Å². The number of carbonyl (C=O) groups is 6. The van der Waals surface area contributed by atoms with Crippen LogP contribution in [-0.4, -0.2) is 82.3 Å². The van der Waals surface area contributed by atoms with Gasteiger partial charge in [-0.3, -0.25) is 28.8 Å². The molecule has 5 amide bonds. The predicted octanol–water partition coefficient (Wildman–Crippen LogP) is 0.350. The van der Waals surface area contributed by atoms with Crippen molar-refractivity contribution in [3.8, 4) is 0 Å². The monoisotopic (exact) mass is 571 g/mol. The fourth-order valence-electron chi connectivity index (χ4n) is 5.21. The summed E-state index contributed by atoms with van der Waals surface area (Å²) in [7, 11) is 0. The summed E-state index contributed by atoms with van der Waals surface area (Å²) in [5.41, 5.74) is 0.724. The SMILES string of the molecule is CC(C)C[C@H]1NC(=O)[C@H](Cc2ccccc2)NC(=O)[C@H](CC(=O)O)NC(=O)[C@H]2CCCN2C(=O)[C@H](C(C)C)NC1=O. The maximum absolute atomic E-state index is 13.6. The van der Waals surface area contributed by atoms with Gasteiger partial charge in [0, 0.05) is 13.0 Å². The zero-order valence-corrected chi connectivity index (χ0v) is 24.0. The molecule has 3 rings (SSSR count). The van der Waals surface area contributed by atoms with E-state index in [2.05, 4.69) is 21.3 Å². The Morgan fingerprint density at radius 2 is 1.44 bits per heavy atom. The third kappa shape index (κ3) is 8.51. The first-order chi connectivity index (χ1) is 19.4. The van der Waals surface area contributed by atoms with Crippen LogP contribution in [0.1, 0.15) is 58.9 Å². The molecule has 224 valence electrons. The number of nitrogens with zero attached hydrogens (tertiary/aromatic N) is 1. The molecule has 0 aromatic heterocycles. The second-order valence-corrected chi connectivity index (χ2v) is 11.5. The third-order valence-corrected chi connectivity index (χ3v) is 7.34. The van der Waals surface area contributed by atoms with Crippen molar-refractivity contribution in [2.45, 2.75) is 90.0 Å². The van der Waals surface area contributed by atoms with Crippen LogP contribution < -0.4 is 21.3 Å². The number of nitrogens with one attached hydrogen (secondary N) is 4. The van der Waals surface area contributed by atoms with Crippen LogP contribution in [0.2, 0.25) is 0 Å². The van der Waals surface area contributed by atoms with Crippen LogP contribution in [0.3, 0.4) is 0 Å². The van der Waals surface area contributed by atoms with Crippen LogP contribution >= 0.6 is 0 Å². The van der Waals surface area contributed by atoms with Gasteiger partial charge >= 0.3 is 5.97 Å². The van der Waals surface area contributed by atoms with Crippen molar-refractivity contribution in [1.82, 2.24) is 26.2 Å². The summed E-state index contributed by atoms with van der Waals surface area (Å²) in [5, 5.41) is 20.1. The normalized spacial score (nSPS) is 26.4. The minimum atomic E-state index is -1.49. The molecule has 2 aliphatic heterocycles. The minimum absolute atomic E-state index is 0.00762. The van der Waals surface area contributed by atoms with E-state index in [1.165, 1.54) is 4.90 Å². The number of carboxylic acid groups (broad SMARTS) is 1. The lowest BCUT2D eigenvalue weighted by atomic mass is 9.98. The average molecular weight is 572 g/mol. The second-order valence-electron chi connectivity index (χ2n) is 11.5. The van der Waals surface area contributed by atoms with Gasteiger partial charge in [-0.2, -0.15) is 0 Å². The Labute approximate surface area is 240 Å². The van der Waals surface area contributed by atoms with E-state index in [0.717, 1.165) is 5.56 Å². The Bertz CT molecular complexity index is 1140. The van der Waals surface area contributed by atoms with E-state index in [4.69, 9.17) is 0 Å². The van der Waals surface area contributed by atoms with Crippen LogP contribution in [0, 0.1) is 11.8 Å². The fraction of sp³-hybridized carbons (Fsp3) is 0.586. The first-order valence-corrected chi connectivity index (χ1v) is 14.1. The van der Waals surface area contributed by atoms with Crippen LogP contribution in [0.5, 0.6) is 0 Å². The third-order valence-electron chi connectivity index (χ3n) is 7.34. The summed E-state index contributed by atoms with van der Waals surface area (Å²) in [4.78, 5) is 80.5. The van der Waals surface area contributed by atoms with Gasteiger partial charge in [0.1, 0.15) is 30.2 Å². The maximum Gasteiger partial charge on any atom is 0.305 e. The second kappa shape index (κ2) is 14.1. The molecule has 0 saturated carbocycles. The van der Waals surface area contributed by atoms with Gasteiger partial charge < -0.3 is 31.3 Å². The Hall–Kier alpha value is -3.96. The Kier molecular flexibility index (Phi) is 10.8. The summed E-state index contributed by atoms with van der Waals surface area (Å²) < 4.78 is 0. The number of aliphatic carboxylic acids is 1. The number of benzene rings is 1. The largest absolute Gasteiger partial charge is 0.481 e. The molecule has 12 nitrogen and oxygen atoms in total. The smallest absolute Gasteiger partial charge is 0.305 e. The van der Waals surface area contributed by atoms with Gasteiger partial charge in [0.15, 0.2) is 0 Å². The van der Waals surface area contributed by atoms with E-state index in [-0.39, 0.29) is 31.2 Å². The first-order valence-electron chi connectivity index (χ1n) is 14.1. The van der Waals surface area contributed by atoms with E-state index in [9.17, 15) is 33.9 Å². The molecule has 2 saturated heterocycles. The zero-order valence-electron chi connectivity index (χ0n) is 24.0. The van der Waals surface area contributed by atoms with Crippen molar-refractivity contribution in [3.05, 3.63) is 35.9 Å². The van der Waals surface area contributed by atoms with Gasteiger partial charge in [0.25, 0.3) is 0 Å². The number of hydrogen-bond acceptors (Lipinski definition) is 6. The van der Waals surface area contributed by atoms with Crippen molar-refractivity contribution in [3.63, 3.8) is 0 Å². The van der Waals surface area contributed by atoms with Gasteiger partial charge in [-0.1, -0.05) is 58.0 Å². The molecule has 5 N–H and O–H groups in total. The summed E-state index contributed by atoms with van der Waals surface area (Å²) >= 11 is 0. The van der Waals surface area contributed by atoms with E-state index in [1.807, 2.05) is 13.8 Å². The molecule has 1 aromatic carbocycles. The number of fused-ring (bicyclic) bond motifs is 1. The molecule has 2 fully saturated rings. The summed E-state index contributed by atoms with van der Waals surface area (Å²) in [5.74, 6) is -4.79. The highest BCUT2D eigenvalue weighted by atomic mass is 16.4. The highest BCUT2D eigenvalue weighted by Crippen LogP contribution is 2.21. The number of carbonyl (C=O) groups excluding carboxylic acids is 5. The molecule has 0 unspecified atom stereocenters. The van der Waals surface area contributed by atoms with E-state index < -0.39 is 72.1 Å². The molecule has 2 heterocycles. The highest BCUT2D eigenvalue weighted by molar-refractivity contribution is 5.99. The molecule has 0 aliphatic carbocycles. The van der Waals surface area contributed by atoms with E-state index in [0.29, 0.717) is 12.8 Å². The summed E-state index contributed by atoms with van der Waals surface area (Å²) in [6.45, 7) is 7.62. The number of rotatable bonds is 7. The van der Waals surface area contributed by atoms with Crippen LogP contribution in [-0.2, 0) is 35.2 Å². The number of hydrogen-bond donors (Lipinski definition) is 5. The predicted molar refractivity (Wildman–Crippen MR) is 149 cm³/mol. The highest BCUT2D eigenvalue weighted by Gasteiger charge is 2.41. The van der Waals surface area contributed by atoms with Gasteiger partial charge in [-0.15, -0.1) is 0 Å². The van der Waals surface area contributed by atoms with Crippen LogP contribution in [0.15, 0.2) is 30.3 Å². The zero-order chi connectivity index (χ0) is 30.3. The van der Waals surface area contributed by atoms with E-state index in [1.54, 1.807) is 44.2 Å². The molecule has 0 spiro atoms. The average Bonchev–Trinajstić information content (AvgIpc) is 3.39.